The topological polar surface area (TPSA) is 72.8 Å². The summed E-state index contributed by atoms with van der Waals surface area (Å²) in [6.45, 7) is 8.10. The van der Waals surface area contributed by atoms with E-state index in [0.29, 0.717) is 0 Å². The molecule has 0 rings (SSSR count). The lowest BCUT2D eigenvalue weighted by Gasteiger charge is -2.12. The molecule has 5 heteroatoms. The molecule has 5 nitrogen and oxygen atoms in total. The van der Waals surface area contributed by atoms with E-state index in [1.807, 2.05) is 27.7 Å². The molecule has 0 saturated carbocycles. The highest BCUT2D eigenvalue weighted by atomic mass is 16.6. The molecule has 17 heavy (non-hydrogen) atoms. The maximum absolute atomic E-state index is 11.2. The summed E-state index contributed by atoms with van der Waals surface area (Å²) >= 11 is 0. The molecule has 0 bridgehead atoms. The van der Waals surface area contributed by atoms with Gasteiger partial charge in [0, 0.05) is 0 Å². The molecule has 0 aliphatic rings. The Morgan fingerprint density at radius 3 is 1.94 bits per heavy atom. The van der Waals surface area contributed by atoms with Crippen molar-refractivity contribution in [1.29, 1.82) is 0 Å². The van der Waals surface area contributed by atoms with Gasteiger partial charge in [-0.25, -0.2) is 4.79 Å². The molecule has 0 amide bonds. The number of esters is 2. The largest absolute Gasteiger partial charge is 0.465 e. The lowest BCUT2D eigenvalue weighted by atomic mass is 10.2. The van der Waals surface area contributed by atoms with E-state index in [9.17, 15) is 14.7 Å². The summed E-state index contributed by atoms with van der Waals surface area (Å²) in [6.07, 6.45) is -1.79. The van der Waals surface area contributed by atoms with Crippen LogP contribution in [-0.4, -0.2) is 36.4 Å². The molecule has 0 saturated heterocycles. The summed E-state index contributed by atoms with van der Waals surface area (Å²) < 4.78 is 9.64. The number of aliphatic hydroxyl groups excluding tert-OH is 1. The van der Waals surface area contributed by atoms with Crippen molar-refractivity contribution in [2.45, 2.75) is 40.2 Å². The third-order valence-corrected chi connectivity index (χ3v) is 1.77. The fourth-order valence-electron chi connectivity index (χ4n) is 0.905. The second-order valence-electron chi connectivity index (χ2n) is 4.82. The Morgan fingerprint density at radius 2 is 1.47 bits per heavy atom. The maximum atomic E-state index is 11.2. The van der Waals surface area contributed by atoms with Crippen molar-refractivity contribution in [2.24, 2.45) is 11.8 Å². The first kappa shape index (κ1) is 15.9. The number of ether oxygens (including phenoxy) is 2. The van der Waals surface area contributed by atoms with Gasteiger partial charge in [0.05, 0.1) is 19.6 Å². The van der Waals surface area contributed by atoms with Crippen LogP contribution in [-0.2, 0) is 19.1 Å². The minimum Gasteiger partial charge on any atom is -0.465 e. The number of aliphatic hydroxyl groups is 1. The van der Waals surface area contributed by atoms with Crippen LogP contribution in [0, 0.1) is 11.8 Å². The molecule has 0 aliphatic heterocycles. The van der Waals surface area contributed by atoms with E-state index in [0.717, 1.165) is 0 Å². The van der Waals surface area contributed by atoms with Crippen molar-refractivity contribution < 1.29 is 24.2 Å². The lowest BCUT2D eigenvalue weighted by Crippen LogP contribution is -2.28. The third-order valence-electron chi connectivity index (χ3n) is 1.77. The van der Waals surface area contributed by atoms with Crippen molar-refractivity contribution in [2.75, 3.05) is 13.2 Å². The number of hydrogen-bond donors (Lipinski definition) is 1. The minimum absolute atomic E-state index is 0.194. The number of carbonyl (C=O) groups excluding carboxylic acids is 2. The van der Waals surface area contributed by atoms with Gasteiger partial charge < -0.3 is 14.6 Å². The summed E-state index contributed by atoms with van der Waals surface area (Å²) in [5.74, 6) is -0.948. The normalized spacial score (nSPS) is 12.6. The molecule has 100 valence electrons. The van der Waals surface area contributed by atoms with Gasteiger partial charge in [-0.05, 0) is 11.8 Å². The minimum atomic E-state index is -1.44. The lowest BCUT2D eigenvalue weighted by molar-refractivity contribution is -0.161. The van der Waals surface area contributed by atoms with Gasteiger partial charge in [-0.1, -0.05) is 27.7 Å². The third kappa shape index (κ3) is 8.68. The quantitative estimate of drug-likeness (QED) is 0.682. The molecule has 0 radical (unpaired) electrons. The molecule has 1 N–H and O–H groups in total. The molecule has 0 aromatic heterocycles. The highest BCUT2D eigenvalue weighted by Gasteiger charge is 2.21. The van der Waals surface area contributed by atoms with Crippen LogP contribution >= 0.6 is 0 Å². The molecule has 0 fully saturated rings. The summed E-state index contributed by atoms with van der Waals surface area (Å²) in [4.78, 5) is 22.5. The smallest absolute Gasteiger partial charge is 0.335 e. The predicted octanol–water partition coefficient (Wildman–Crippen LogP) is 1.14. The van der Waals surface area contributed by atoms with Crippen LogP contribution < -0.4 is 0 Å². The Hall–Kier alpha value is -1.10. The summed E-state index contributed by atoms with van der Waals surface area (Å²) in [6, 6.07) is 0. The van der Waals surface area contributed by atoms with E-state index < -0.39 is 18.0 Å². The van der Waals surface area contributed by atoms with Gasteiger partial charge in [0.15, 0.2) is 6.10 Å². The van der Waals surface area contributed by atoms with Gasteiger partial charge in [0.1, 0.15) is 0 Å². The summed E-state index contributed by atoms with van der Waals surface area (Å²) in [7, 11) is 0. The van der Waals surface area contributed by atoms with E-state index in [1.54, 1.807) is 0 Å². The van der Waals surface area contributed by atoms with E-state index in [2.05, 4.69) is 0 Å². The van der Waals surface area contributed by atoms with Crippen molar-refractivity contribution in [3.8, 4) is 0 Å². The maximum Gasteiger partial charge on any atom is 0.335 e. The number of hydrogen-bond acceptors (Lipinski definition) is 5. The Kier molecular flexibility index (Phi) is 7.54. The van der Waals surface area contributed by atoms with Gasteiger partial charge in [-0.15, -0.1) is 0 Å². The van der Waals surface area contributed by atoms with E-state index in [1.165, 1.54) is 0 Å². The van der Waals surface area contributed by atoms with Gasteiger partial charge in [0.25, 0.3) is 0 Å². The Morgan fingerprint density at radius 1 is 1.00 bits per heavy atom. The summed E-state index contributed by atoms with van der Waals surface area (Å²) in [5, 5.41) is 9.39. The first-order valence-electron chi connectivity index (χ1n) is 5.83. The van der Waals surface area contributed by atoms with Gasteiger partial charge in [-0.3, -0.25) is 4.79 Å². The van der Waals surface area contributed by atoms with Crippen molar-refractivity contribution >= 4 is 11.9 Å². The number of carbonyl (C=O) groups is 2. The molecule has 0 aliphatic carbocycles. The van der Waals surface area contributed by atoms with Crippen LogP contribution in [0.5, 0.6) is 0 Å². The highest BCUT2D eigenvalue weighted by molar-refractivity contribution is 5.81. The average molecular weight is 246 g/mol. The molecule has 0 spiro atoms. The monoisotopic (exact) mass is 246 g/mol. The SMILES string of the molecule is CC(C)COC(=O)CC(O)C(=O)OCC(C)C. The molecule has 0 heterocycles. The van der Waals surface area contributed by atoms with Gasteiger partial charge in [-0.2, -0.15) is 0 Å². The Bertz CT molecular complexity index is 247. The first-order chi connectivity index (χ1) is 7.82. The van der Waals surface area contributed by atoms with E-state index in [-0.39, 0.29) is 31.5 Å². The molecule has 1 unspecified atom stereocenters. The molecule has 1 atom stereocenters. The van der Waals surface area contributed by atoms with Gasteiger partial charge >= 0.3 is 11.9 Å². The predicted molar refractivity (Wildman–Crippen MR) is 62.2 cm³/mol. The van der Waals surface area contributed by atoms with Crippen LogP contribution in [0.2, 0.25) is 0 Å². The van der Waals surface area contributed by atoms with Gasteiger partial charge in [0.2, 0.25) is 0 Å². The molecule has 0 aromatic carbocycles. The van der Waals surface area contributed by atoms with E-state index >= 15 is 0 Å². The Balaban J connectivity index is 3.86. The highest BCUT2D eigenvalue weighted by Crippen LogP contribution is 2.02. The Labute approximate surface area is 102 Å². The molecular formula is C12H22O5. The van der Waals surface area contributed by atoms with Crippen LogP contribution in [0.3, 0.4) is 0 Å². The summed E-state index contributed by atoms with van der Waals surface area (Å²) in [5.41, 5.74) is 0. The molecular weight excluding hydrogens is 224 g/mol. The fourth-order valence-corrected chi connectivity index (χ4v) is 0.905. The average Bonchev–Trinajstić information content (AvgIpc) is 2.22. The second-order valence-corrected chi connectivity index (χ2v) is 4.82. The van der Waals surface area contributed by atoms with Crippen LogP contribution in [0.25, 0.3) is 0 Å². The van der Waals surface area contributed by atoms with E-state index in [4.69, 9.17) is 9.47 Å². The fraction of sp³-hybridized carbons (Fsp3) is 0.833. The van der Waals surface area contributed by atoms with Crippen LogP contribution in [0.4, 0.5) is 0 Å². The van der Waals surface area contributed by atoms with Crippen molar-refractivity contribution in [1.82, 2.24) is 0 Å². The zero-order valence-corrected chi connectivity index (χ0v) is 10.9. The molecule has 0 aromatic rings. The van der Waals surface area contributed by atoms with Crippen LogP contribution in [0.1, 0.15) is 34.1 Å². The first-order valence-corrected chi connectivity index (χ1v) is 5.83. The van der Waals surface area contributed by atoms with Crippen molar-refractivity contribution in [3.05, 3.63) is 0 Å². The van der Waals surface area contributed by atoms with Crippen molar-refractivity contribution in [3.63, 3.8) is 0 Å². The second kappa shape index (κ2) is 8.06. The zero-order valence-electron chi connectivity index (χ0n) is 10.9. The zero-order chi connectivity index (χ0) is 13.4. The van der Waals surface area contributed by atoms with Crippen LogP contribution in [0.15, 0.2) is 0 Å². The standard InChI is InChI=1S/C12H22O5/c1-8(2)6-16-11(14)5-10(13)12(15)17-7-9(3)4/h8-10,13H,5-7H2,1-4H3. The number of rotatable bonds is 7.